The SMILES string of the molecule is COc1cccc(CN2C[C@@H]3Oc4cc(-c5ccc(F)cc5F)ccc4C(=O)N(C)[C@@H]3C2)c1. The van der Waals surface area contributed by atoms with Gasteiger partial charge in [-0.1, -0.05) is 18.2 Å². The number of benzene rings is 3. The second-order valence-corrected chi connectivity index (χ2v) is 8.52. The van der Waals surface area contributed by atoms with Crippen LogP contribution in [0, 0.1) is 11.6 Å². The Kier molecular flexibility index (Phi) is 5.50. The van der Waals surface area contributed by atoms with Crippen molar-refractivity contribution in [2.75, 3.05) is 27.2 Å². The van der Waals surface area contributed by atoms with E-state index in [4.69, 9.17) is 9.47 Å². The van der Waals surface area contributed by atoms with Crippen molar-refractivity contribution in [1.82, 2.24) is 9.80 Å². The van der Waals surface area contributed by atoms with Gasteiger partial charge in [0.2, 0.25) is 0 Å². The zero-order valence-corrected chi connectivity index (χ0v) is 18.4. The van der Waals surface area contributed by atoms with E-state index < -0.39 is 11.6 Å². The van der Waals surface area contributed by atoms with Crippen molar-refractivity contribution in [2.45, 2.75) is 18.7 Å². The van der Waals surface area contributed by atoms with Crippen molar-refractivity contribution < 1.29 is 23.0 Å². The Labute approximate surface area is 191 Å². The number of rotatable bonds is 4. The second-order valence-electron chi connectivity index (χ2n) is 8.52. The van der Waals surface area contributed by atoms with E-state index in [1.54, 1.807) is 37.3 Å². The molecular formula is C26H24F2N2O3. The van der Waals surface area contributed by atoms with Crippen LogP contribution in [0.5, 0.6) is 11.5 Å². The maximum Gasteiger partial charge on any atom is 0.257 e. The molecule has 0 aromatic heterocycles. The van der Waals surface area contributed by atoms with Gasteiger partial charge in [0.15, 0.2) is 0 Å². The molecule has 0 spiro atoms. The molecule has 1 fully saturated rings. The molecule has 3 aromatic carbocycles. The molecule has 2 heterocycles. The lowest BCUT2D eigenvalue weighted by molar-refractivity contribution is 0.0682. The van der Waals surface area contributed by atoms with Crippen LogP contribution in [0.15, 0.2) is 60.7 Å². The molecule has 170 valence electrons. The van der Waals surface area contributed by atoms with Gasteiger partial charge in [-0.25, -0.2) is 8.78 Å². The molecule has 0 N–H and O–H groups in total. The maximum absolute atomic E-state index is 14.3. The molecule has 33 heavy (non-hydrogen) atoms. The highest BCUT2D eigenvalue weighted by Gasteiger charge is 2.42. The Hall–Kier alpha value is -3.45. The summed E-state index contributed by atoms with van der Waals surface area (Å²) in [5.74, 6) is -0.200. The molecule has 5 rings (SSSR count). The molecule has 2 aliphatic rings. The van der Waals surface area contributed by atoms with E-state index in [0.29, 0.717) is 36.5 Å². The number of likely N-dealkylation sites (N-methyl/N-ethyl adjacent to an activating group) is 1. The van der Waals surface area contributed by atoms with Gasteiger partial charge in [0, 0.05) is 38.3 Å². The summed E-state index contributed by atoms with van der Waals surface area (Å²) in [6.45, 7) is 2.04. The van der Waals surface area contributed by atoms with E-state index in [9.17, 15) is 13.6 Å². The smallest absolute Gasteiger partial charge is 0.257 e. The number of carbonyl (C=O) groups excluding carboxylic acids is 1. The van der Waals surface area contributed by atoms with E-state index in [0.717, 1.165) is 17.4 Å². The highest BCUT2D eigenvalue weighted by molar-refractivity contribution is 5.98. The molecule has 7 heteroatoms. The van der Waals surface area contributed by atoms with Crippen LogP contribution >= 0.6 is 0 Å². The Morgan fingerprint density at radius 1 is 1.03 bits per heavy atom. The topological polar surface area (TPSA) is 42.0 Å². The first-order valence-corrected chi connectivity index (χ1v) is 10.8. The van der Waals surface area contributed by atoms with Gasteiger partial charge in [0.1, 0.15) is 29.2 Å². The van der Waals surface area contributed by atoms with Crippen LogP contribution < -0.4 is 9.47 Å². The molecule has 2 atom stereocenters. The second kappa shape index (κ2) is 8.48. The van der Waals surface area contributed by atoms with E-state index in [1.807, 2.05) is 24.3 Å². The molecule has 1 amide bonds. The standard InChI is InChI=1S/C26H24F2N2O3/c1-29-23-14-30(13-16-4-3-5-19(10-16)32-2)15-25(23)33-24-11-17(6-8-21(24)26(29)31)20-9-7-18(27)12-22(20)28/h3-12,23,25H,13-15H2,1-2H3/t23-,25+/m1/s1. The summed E-state index contributed by atoms with van der Waals surface area (Å²) < 4.78 is 39.3. The number of hydrogen-bond acceptors (Lipinski definition) is 4. The molecular weight excluding hydrogens is 426 g/mol. The summed E-state index contributed by atoms with van der Waals surface area (Å²) >= 11 is 0. The first-order chi connectivity index (χ1) is 15.9. The summed E-state index contributed by atoms with van der Waals surface area (Å²) in [6.07, 6.45) is -0.223. The van der Waals surface area contributed by atoms with Gasteiger partial charge in [-0.2, -0.15) is 0 Å². The largest absolute Gasteiger partial charge is 0.497 e. The Morgan fingerprint density at radius 3 is 2.64 bits per heavy atom. The van der Waals surface area contributed by atoms with Crippen molar-refractivity contribution >= 4 is 5.91 Å². The highest BCUT2D eigenvalue weighted by Crippen LogP contribution is 2.35. The van der Waals surface area contributed by atoms with Crippen molar-refractivity contribution in [3.8, 4) is 22.6 Å². The number of hydrogen-bond donors (Lipinski definition) is 0. The van der Waals surface area contributed by atoms with Crippen molar-refractivity contribution in [3.63, 3.8) is 0 Å². The van der Waals surface area contributed by atoms with Crippen LogP contribution in [0.4, 0.5) is 8.78 Å². The third kappa shape index (κ3) is 4.04. The number of halogens is 2. The van der Waals surface area contributed by atoms with Crippen LogP contribution in [0.3, 0.4) is 0 Å². The summed E-state index contributed by atoms with van der Waals surface area (Å²) in [4.78, 5) is 17.2. The fourth-order valence-electron chi connectivity index (χ4n) is 4.67. The maximum atomic E-state index is 14.3. The Bertz CT molecular complexity index is 1220. The molecule has 1 saturated heterocycles. The number of ether oxygens (including phenoxy) is 2. The first kappa shape index (κ1) is 21.4. The highest BCUT2D eigenvalue weighted by atomic mass is 19.1. The van der Waals surface area contributed by atoms with E-state index in [2.05, 4.69) is 4.90 Å². The molecule has 2 aliphatic heterocycles. The molecule has 0 bridgehead atoms. The Balaban J connectivity index is 1.41. The van der Waals surface area contributed by atoms with Crippen LogP contribution in [-0.2, 0) is 6.54 Å². The van der Waals surface area contributed by atoms with Gasteiger partial charge in [-0.05, 0) is 47.5 Å². The number of fused-ring (bicyclic) bond motifs is 2. The van der Waals surface area contributed by atoms with Gasteiger partial charge in [-0.15, -0.1) is 0 Å². The lowest BCUT2D eigenvalue weighted by atomic mass is 10.0. The lowest BCUT2D eigenvalue weighted by Gasteiger charge is -2.25. The molecule has 0 aliphatic carbocycles. The van der Waals surface area contributed by atoms with Gasteiger partial charge in [-0.3, -0.25) is 9.69 Å². The predicted octanol–water partition coefficient (Wildman–Crippen LogP) is 4.36. The minimum atomic E-state index is -0.657. The quantitative estimate of drug-likeness (QED) is 0.593. The monoisotopic (exact) mass is 450 g/mol. The number of amides is 1. The van der Waals surface area contributed by atoms with Crippen molar-refractivity contribution in [2.24, 2.45) is 0 Å². The van der Waals surface area contributed by atoms with Crippen molar-refractivity contribution in [1.29, 1.82) is 0 Å². The number of likely N-dealkylation sites (tertiary alicyclic amines) is 1. The average molecular weight is 450 g/mol. The zero-order valence-electron chi connectivity index (χ0n) is 18.4. The zero-order chi connectivity index (χ0) is 23.1. The van der Waals surface area contributed by atoms with E-state index in [-0.39, 0.29) is 23.6 Å². The van der Waals surface area contributed by atoms with E-state index in [1.165, 1.54) is 12.1 Å². The third-order valence-corrected chi connectivity index (χ3v) is 6.40. The number of nitrogens with zero attached hydrogens (tertiary/aromatic N) is 2. The van der Waals surface area contributed by atoms with Crippen LogP contribution in [0.2, 0.25) is 0 Å². The molecule has 0 radical (unpaired) electrons. The normalized spacial score (nSPS) is 20.1. The summed E-state index contributed by atoms with van der Waals surface area (Å²) in [7, 11) is 3.44. The van der Waals surface area contributed by atoms with Crippen molar-refractivity contribution in [3.05, 3.63) is 83.4 Å². The van der Waals surface area contributed by atoms with E-state index >= 15 is 0 Å². The third-order valence-electron chi connectivity index (χ3n) is 6.40. The molecule has 0 saturated carbocycles. The lowest BCUT2D eigenvalue weighted by Crippen LogP contribution is -2.44. The molecule has 5 nitrogen and oxygen atoms in total. The minimum Gasteiger partial charge on any atom is -0.497 e. The Morgan fingerprint density at radius 2 is 1.85 bits per heavy atom. The molecule has 3 aromatic rings. The fourth-order valence-corrected chi connectivity index (χ4v) is 4.67. The van der Waals surface area contributed by atoms with Crippen LogP contribution in [-0.4, -0.2) is 55.1 Å². The summed E-state index contributed by atoms with van der Waals surface area (Å²) in [5.41, 5.74) is 2.36. The fraction of sp³-hybridized carbons (Fsp3) is 0.269. The first-order valence-electron chi connectivity index (χ1n) is 10.8. The van der Waals surface area contributed by atoms with Crippen LogP contribution in [0.1, 0.15) is 15.9 Å². The predicted molar refractivity (Wildman–Crippen MR) is 120 cm³/mol. The van der Waals surface area contributed by atoms with Gasteiger partial charge in [0.05, 0.1) is 18.7 Å². The minimum absolute atomic E-state index is 0.110. The summed E-state index contributed by atoms with van der Waals surface area (Å²) in [6, 6.07) is 16.3. The molecule has 0 unspecified atom stereocenters. The van der Waals surface area contributed by atoms with Gasteiger partial charge in [0.25, 0.3) is 5.91 Å². The number of methoxy groups -OCH3 is 1. The summed E-state index contributed by atoms with van der Waals surface area (Å²) in [5, 5.41) is 0. The van der Waals surface area contributed by atoms with Gasteiger partial charge < -0.3 is 14.4 Å². The van der Waals surface area contributed by atoms with Crippen LogP contribution in [0.25, 0.3) is 11.1 Å². The average Bonchev–Trinajstić information content (AvgIpc) is 3.16. The number of carbonyl (C=O) groups is 1. The van der Waals surface area contributed by atoms with Gasteiger partial charge >= 0.3 is 0 Å².